The maximum Gasteiger partial charge on any atom is 0.0431 e. The lowest BCUT2D eigenvalue weighted by atomic mass is 10.0. The highest BCUT2D eigenvalue weighted by Crippen LogP contribution is 2.15. The van der Waals surface area contributed by atoms with Crippen molar-refractivity contribution >= 4 is 0 Å². The van der Waals surface area contributed by atoms with E-state index in [9.17, 15) is 0 Å². The van der Waals surface area contributed by atoms with Gasteiger partial charge in [-0.1, -0.05) is 0 Å². The molecular formula is C13H29N3O. The van der Waals surface area contributed by atoms with Gasteiger partial charge < -0.3 is 15.7 Å². The molecule has 0 saturated carbocycles. The van der Waals surface area contributed by atoms with Crippen LogP contribution in [-0.2, 0) is 0 Å². The molecule has 1 aliphatic heterocycles. The third-order valence-corrected chi connectivity index (χ3v) is 3.86. The highest BCUT2D eigenvalue weighted by molar-refractivity contribution is 4.86. The van der Waals surface area contributed by atoms with E-state index in [2.05, 4.69) is 23.6 Å². The number of nitrogens with two attached hydrogens (primary N) is 1. The Labute approximate surface area is 106 Å². The lowest BCUT2D eigenvalue weighted by Crippen LogP contribution is -2.57. The highest BCUT2D eigenvalue weighted by atomic mass is 16.2. The van der Waals surface area contributed by atoms with Gasteiger partial charge in [-0.05, 0) is 39.7 Å². The van der Waals surface area contributed by atoms with Crippen LogP contribution in [0.1, 0.15) is 33.1 Å². The molecule has 1 rings (SSSR count). The molecule has 0 spiro atoms. The molecule has 4 nitrogen and oxygen atoms in total. The molecule has 0 aromatic rings. The van der Waals surface area contributed by atoms with Gasteiger partial charge in [-0.15, -0.1) is 0 Å². The molecule has 0 aliphatic carbocycles. The minimum absolute atomic E-state index is 0.142. The number of hydrogen-bond donors (Lipinski definition) is 2. The summed E-state index contributed by atoms with van der Waals surface area (Å²) in [7, 11) is 0. The van der Waals surface area contributed by atoms with Gasteiger partial charge in [0.2, 0.25) is 0 Å². The van der Waals surface area contributed by atoms with Crippen LogP contribution in [0.3, 0.4) is 0 Å². The fraction of sp³-hybridized carbons (Fsp3) is 1.00. The second kappa shape index (κ2) is 7.31. The Morgan fingerprint density at radius 2 is 1.71 bits per heavy atom. The zero-order chi connectivity index (χ0) is 12.7. The summed E-state index contributed by atoms with van der Waals surface area (Å²) in [4.78, 5) is 5.03. The van der Waals surface area contributed by atoms with Gasteiger partial charge >= 0.3 is 0 Å². The molecule has 0 radical (unpaired) electrons. The van der Waals surface area contributed by atoms with Crippen LogP contribution >= 0.6 is 0 Å². The highest BCUT2D eigenvalue weighted by Gasteiger charge is 2.28. The first-order valence-corrected chi connectivity index (χ1v) is 6.88. The number of aliphatic hydroxyl groups excluding tert-OH is 1. The quantitative estimate of drug-likeness (QED) is 0.640. The number of unbranched alkanes of at least 4 members (excludes halogenated alkanes) is 2. The Morgan fingerprint density at radius 3 is 2.24 bits per heavy atom. The second-order valence-electron chi connectivity index (χ2n) is 5.63. The maximum atomic E-state index is 8.72. The van der Waals surface area contributed by atoms with Crippen molar-refractivity contribution in [2.75, 3.05) is 45.9 Å². The predicted octanol–water partition coefficient (Wildman–Crippen LogP) is 0.504. The number of hydrogen-bond acceptors (Lipinski definition) is 4. The standard InChI is InChI=1S/C13H29N3O/c1-13(2,12-14)16-9-7-15(8-10-16)6-4-3-5-11-17/h17H,3-12,14H2,1-2H3. The van der Waals surface area contributed by atoms with Gasteiger partial charge in [-0.3, -0.25) is 4.90 Å². The molecule has 1 fully saturated rings. The van der Waals surface area contributed by atoms with E-state index in [0.717, 1.165) is 45.6 Å². The van der Waals surface area contributed by atoms with Gasteiger partial charge in [-0.2, -0.15) is 0 Å². The van der Waals surface area contributed by atoms with Gasteiger partial charge in [0.15, 0.2) is 0 Å². The topological polar surface area (TPSA) is 52.7 Å². The van der Waals surface area contributed by atoms with E-state index in [0.29, 0.717) is 6.61 Å². The van der Waals surface area contributed by atoms with Crippen LogP contribution in [-0.4, -0.2) is 66.3 Å². The molecule has 1 aliphatic rings. The van der Waals surface area contributed by atoms with E-state index in [-0.39, 0.29) is 5.54 Å². The van der Waals surface area contributed by atoms with Crippen LogP contribution < -0.4 is 5.73 Å². The number of rotatable bonds is 7. The molecule has 4 heteroatoms. The molecule has 0 unspecified atom stereocenters. The normalized spacial score (nSPS) is 19.8. The third kappa shape index (κ3) is 4.92. The first-order valence-electron chi connectivity index (χ1n) is 6.88. The number of nitrogens with zero attached hydrogens (tertiary/aromatic N) is 2. The van der Waals surface area contributed by atoms with Crippen LogP contribution in [0.25, 0.3) is 0 Å². The molecule has 17 heavy (non-hydrogen) atoms. The Morgan fingerprint density at radius 1 is 1.06 bits per heavy atom. The SMILES string of the molecule is CC(C)(CN)N1CCN(CCCCCO)CC1. The van der Waals surface area contributed by atoms with Crippen molar-refractivity contribution in [1.82, 2.24) is 9.80 Å². The predicted molar refractivity (Wildman–Crippen MR) is 72.1 cm³/mol. The van der Waals surface area contributed by atoms with E-state index in [1.165, 1.54) is 13.0 Å². The average Bonchev–Trinajstić information content (AvgIpc) is 2.35. The number of piperazine rings is 1. The Kier molecular flexibility index (Phi) is 6.41. The largest absolute Gasteiger partial charge is 0.396 e. The summed E-state index contributed by atoms with van der Waals surface area (Å²) >= 11 is 0. The maximum absolute atomic E-state index is 8.72. The van der Waals surface area contributed by atoms with E-state index in [1.807, 2.05) is 0 Å². The zero-order valence-electron chi connectivity index (χ0n) is 11.5. The molecule has 3 N–H and O–H groups in total. The minimum atomic E-state index is 0.142. The van der Waals surface area contributed by atoms with Crippen molar-refractivity contribution in [2.24, 2.45) is 5.73 Å². The van der Waals surface area contributed by atoms with Crippen LogP contribution in [0.5, 0.6) is 0 Å². The van der Waals surface area contributed by atoms with E-state index in [4.69, 9.17) is 10.8 Å². The summed E-state index contributed by atoms with van der Waals surface area (Å²) in [6, 6.07) is 0. The third-order valence-electron chi connectivity index (χ3n) is 3.86. The Bertz CT molecular complexity index is 201. The lowest BCUT2D eigenvalue weighted by molar-refractivity contribution is 0.0560. The summed E-state index contributed by atoms with van der Waals surface area (Å²) in [5.74, 6) is 0. The fourth-order valence-electron chi connectivity index (χ4n) is 2.33. The van der Waals surface area contributed by atoms with Crippen molar-refractivity contribution in [3.05, 3.63) is 0 Å². The van der Waals surface area contributed by atoms with E-state index < -0.39 is 0 Å². The summed E-state index contributed by atoms with van der Waals surface area (Å²) in [6.07, 6.45) is 3.30. The summed E-state index contributed by atoms with van der Waals surface area (Å²) in [5, 5.41) is 8.72. The zero-order valence-corrected chi connectivity index (χ0v) is 11.5. The molecule has 0 aromatic carbocycles. The molecular weight excluding hydrogens is 214 g/mol. The van der Waals surface area contributed by atoms with Gasteiger partial charge in [0.25, 0.3) is 0 Å². The van der Waals surface area contributed by atoms with Gasteiger partial charge in [0, 0.05) is 44.9 Å². The Hall–Kier alpha value is -0.160. The van der Waals surface area contributed by atoms with E-state index >= 15 is 0 Å². The molecule has 1 heterocycles. The summed E-state index contributed by atoms with van der Waals surface area (Å²) < 4.78 is 0. The second-order valence-corrected chi connectivity index (χ2v) is 5.63. The lowest BCUT2D eigenvalue weighted by Gasteiger charge is -2.43. The first-order chi connectivity index (χ1) is 8.10. The minimum Gasteiger partial charge on any atom is -0.396 e. The monoisotopic (exact) mass is 243 g/mol. The molecule has 1 saturated heterocycles. The van der Waals surface area contributed by atoms with Crippen molar-refractivity contribution in [3.8, 4) is 0 Å². The smallest absolute Gasteiger partial charge is 0.0431 e. The fourth-order valence-corrected chi connectivity index (χ4v) is 2.33. The average molecular weight is 243 g/mol. The van der Waals surface area contributed by atoms with E-state index in [1.54, 1.807) is 0 Å². The van der Waals surface area contributed by atoms with Gasteiger partial charge in [0.1, 0.15) is 0 Å². The summed E-state index contributed by atoms with van der Waals surface area (Å²) in [6.45, 7) is 11.3. The van der Waals surface area contributed by atoms with Crippen molar-refractivity contribution in [2.45, 2.75) is 38.6 Å². The van der Waals surface area contributed by atoms with Crippen molar-refractivity contribution in [3.63, 3.8) is 0 Å². The Balaban J connectivity index is 2.17. The molecule has 0 atom stereocenters. The van der Waals surface area contributed by atoms with Crippen LogP contribution in [0.2, 0.25) is 0 Å². The summed E-state index contributed by atoms with van der Waals surface area (Å²) in [5.41, 5.74) is 5.95. The van der Waals surface area contributed by atoms with Crippen molar-refractivity contribution < 1.29 is 5.11 Å². The molecule has 102 valence electrons. The van der Waals surface area contributed by atoms with Crippen LogP contribution in [0.4, 0.5) is 0 Å². The molecule has 0 amide bonds. The van der Waals surface area contributed by atoms with Gasteiger partial charge in [0.05, 0.1) is 0 Å². The van der Waals surface area contributed by atoms with Crippen molar-refractivity contribution in [1.29, 1.82) is 0 Å². The molecule has 0 aromatic heterocycles. The van der Waals surface area contributed by atoms with Crippen LogP contribution in [0.15, 0.2) is 0 Å². The molecule has 0 bridgehead atoms. The first kappa shape index (κ1) is 14.9. The van der Waals surface area contributed by atoms with Gasteiger partial charge in [-0.25, -0.2) is 0 Å². The van der Waals surface area contributed by atoms with Crippen LogP contribution in [0, 0.1) is 0 Å². The number of aliphatic hydroxyl groups is 1.